The molecule has 0 unspecified atom stereocenters. The first kappa shape index (κ1) is 25.0. The second-order valence-electron chi connectivity index (χ2n) is 9.70. The van der Waals surface area contributed by atoms with Crippen LogP contribution in [0.25, 0.3) is 22.0 Å². The quantitative estimate of drug-likeness (QED) is 0.247. The summed E-state index contributed by atoms with van der Waals surface area (Å²) in [5.74, 6) is 0.462. The molecular weight excluding hydrogens is 494 g/mol. The Hall–Kier alpha value is -5.29. The molecule has 0 aliphatic rings. The average molecular weight is 522 g/mol. The van der Waals surface area contributed by atoms with Crippen molar-refractivity contribution in [3.8, 4) is 11.1 Å². The number of nitrogens with zero attached hydrogens (tertiary/aromatic N) is 2. The Bertz CT molecular complexity index is 1830. The third kappa shape index (κ3) is 5.45. The van der Waals surface area contributed by atoms with Crippen LogP contribution in [0.15, 0.2) is 138 Å². The smallest absolute Gasteiger partial charge is 0.261 e. The van der Waals surface area contributed by atoms with Crippen LogP contribution < -0.4 is 10.9 Å². The maximum atomic E-state index is 14.0. The highest BCUT2D eigenvalue weighted by molar-refractivity contribution is 6.05. The summed E-state index contributed by atoms with van der Waals surface area (Å²) in [5.41, 5.74) is 5.91. The fourth-order valence-electron chi connectivity index (χ4n) is 4.83. The molecule has 0 aliphatic heterocycles. The Morgan fingerprint density at radius 2 is 1.30 bits per heavy atom. The minimum atomic E-state index is -0.229. The van der Waals surface area contributed by atoms with Gasteiger partial charge in [-0.3, -0.25) is 14.2 Å². The molecule has 0 spiro atoms. The van der Waals surface area contributed by atoms with Gasteiger partial charge < -0.3 is 5.32 Å². The number of hydrogen-bond donors (Lipinski definition) is 1. The molecule has 6 aromatic rings. The molecule has 1 heterocycles. The molecule has 0 radical (unpaired) electrons. The average Bonchev–Trinajstić information content (AvgIpc) is 3.01. The molecule has 5 nitrogen and oxygen atoms in total. The van der Waals surface area contributed by atoms with Gasteiger partial charge in [0.25, 0.3) is 11.5 Å². The third-order valence-corrected chi connectivity index (χ3v) is 6.93. The first-order valence-corrected chi connectivity index (χ1v) is 13.2. The van der Waals surface area contributed by atoms with E-state index in [9.17, 15) is 9.59 Å². The summed E-state index contributed by atoms with van der Waals surface area (Å²) >= 11 is 0. The lowest BCUT2D eigenvalue weighted by atomic mass is 10.0. The predicted molar refractivity (Wildman–Crippen MR) is 161 cm³/mol. The van der Waals surface area contributed by atoms with Gasteiger partial charge in [0.05, 0.1) is 17.4 Å². The second kappa shape index (κ2) is 11.2. The van der Waals surface area contributed by atoms with Crippen molar-refractivity contribution in [2.24, 2.45) is 0 Å². The fourth-order valence-corrected chi connectivity index (χ4v) is 4.83. The first-order chi connectivity index (χ1) is 19.6. The van der Waals surface area contributed by atoms with Gasteiger partial charge >= 0.3 is 0 Å². The molecule has 6 rings (SSSR count). The van der Waals surface area contributed by atoms with Gasteiger partial charge in [0.15, 0.2) is 0 Å². The largest absolute Gasteiger partial charge is 0.322 e. The Kier molecular flexibility index (Phi) is 7.01. The maximum Gasteiger partial charge on any atom is 0.261 e. The summed E-state index contributed by atoms with van der Waals surface area (Å²) in [6, 6.07) is 42.8. The van der Waals surface area contributed by atoms with Crippen molar-refractivity contribution < 1.29 is 4.79 Å². The van der Waals surface area contributed by atoms with Crippen LogP contribution in [-0.2, 0) is 13.0 Å². The number of carbonyl (C=O) groups is 1. The molecule has 1 aromatic heterocycles. The lowest BCUT2D eigenvalue weighted by molar-refractivity contribution is 0.102. The predicted octanol–water partition coefficient (Wildman–Crippen LogP) is 6.95. The van der Waals surface area contributed by atoms with Crippen LogP contribution in [0.5, 0.6) is 0 Å². The van der Waals surface area contributed by atoms with Gasteiger partial charge in [0, 0.05) is 17.7 Å². The Morgan fingerprint density at radius 1 is 0.675 bits per heavy atom. The van der Waals surface area contributed by atoms with Gasteiger partial charge in [-0.1, -0.05) is 103 Å². The van der Waals surface area contributed by atoms with E-state index >= 15 is 0 Å². The minimum absolute atomic E-state index is 0.140. The normalized spacial score (nSPS) is 10.9. The molecule has 5 aromatic carbocycles. The minimum Gasteiger partial charge on any atom is -0.322 e. The van der Waals surface area contributed by atoms with E-state index in [-0.39, 0.29) is 11.5 Å². The van der Waals surface area contributed by atoms with Crippen molar-refractivity contribution in [2.75, 3.05) is 5.32 Å². The standard InChI is InChI=1S/C35H27N3O2/c39-34(29-14-8-3-9-15-29)36-30-20-21-32-31(23-30)35(40)38(33(37-32)22-25-10-4-1-5-11-25)24-26-16-18-28(19-17-26)27-12-6-2-7-13-27/h1-21,23H,22,24H2,(H,36,39). The summed E-state index contributed by atoms with van der Waals surface area (Å²) in [6.07, 6.45) is 0.528. The van der Waals surface area contributed by atoms with Gasteiger partial charge in [-0.25, -0.2) is 4.98 Å². The van der Waals surface area contributed by atoms with Crippen molar-refractivity contribution >= 4 is 22.5 Å². The van der Waals surface area contributed by atoms with E-state index in [1.54, 1.807) is 34.9 Å². The molecule has 0 bridgehead atoms. The molecule has 0 saturated heterocycles. The SMILES string of the molecule is O=C(Nc1ccc2nc(Cc3ccccc3)n(Cc3ccc(-c4ccccc4)cc3)c(=O)c2c1)c1ccccc1. The van der Waals surface area contributed by atoms with E-state index in [1.165, 1.54) is 0 Å². The molecule has 194 valence electrons. The highest BCUT2D eigenvalue weighted by Gasteiger charge is 2.14. The molecule has 1 amide bonds. The number of rotatable bonds is 7. The summed E-state index contributed by atoms with van der Waals surface area (Å²) in [6.45, 7) is 0.389. The van der Waals surface area contributed by atoms with Gasteiger partial charge in [0.2, 0.25) is 0 Å². The summed E-state index contributed by atoms with van der Waals surface area (Å²) in [4.78, 5) is 31.6. The van der Waals surface area contributed by atoms with Gasteiger partial charge in [0.1, 0.15) is 5.82 Å². The van der Waals surface area contributed by atoms with Crippen molar-refractivity contribution in [3.63, 3.8) is 0 Å². The first-order valence-electron chi connectivity index (χ1n) is 13.2. The lowest BCUT2D eigenvalue weighted by Gasteiger charge is -2.15. The van der Waals surface area contributed by atoms with E-state index in [0.29, 0.717) is 40.9 Å². The number of aromatic nitrogens is 2. The molecule has 0 saturated carbocycles. The molecule has 40 heavy (non-hydrogen) atoms. The van der Waals surface area contributed by atoms with Gasteiger partial charge in [-0.2, -0.15) is 0 Å². The number of anilines is 1. The van der Waals surface area contributed by atoms with E-state index in [2.05, 4.69) is 41.7 Å². The number of hydrogen-bond acceptors (Lipinski definition) is 3. The maximum absolute atomic E-state index is 14.0. The number of nitrogens with one attached hydrogen (secondary N) is 1. The fraction of sp³-hybridized carbons (Fsp3) is 0.0571. The molecule has 0 aliphatic carbocycles. The monoisotopic (exact) mass is 521 g/mol. The number of fused-ring (bicyclic) bond motifs is 1. The van der Waals surface area contributed by atoms with Crippen molar-refractivity contribution in [1.82, 2.24) is 9.55 Å². The van der Waals surface area contributed by atoms with Crippen LogP contribution in [0.1, 0.15) is 27.3 Å². The van der Waals surface area contributed by atoms with Crippen LogP contribution in [0, 0.1) is 0 Å². The van der Waals surface area contributed by atoms with Crippen molar-refractivity contribution in [1.29, 1.82) is 0 Å². The van der Waals surface area contributed by atoms with Crippen molar-refractivity contribution in [2.45, 2.75) is 13.0 Å². The Balaban J connectivity index is 1.37. The molecule has 1 N–H and O–H groups in total. The topological polar surface area (TPSA) is 64.0 Å². The highest BCUT2D eigenvalue weighted by Crippen LogP contribution is 2.21. The molecule has 5 heteroatoms. The third-order valence-electron chi connectivity index (χ3n) is 6.93. The molecular formula is C35H27N3O2. The molecule has 0 fully saturated rings. The zero-order valence-electron chi connectivity index (χ0n) is 21.8. The Morgan fingerprint density at radius 3 is 2.00 bits per heavy atom. The van der Waals surface area contributed by atoms with Crippen LogP contribution in [0.4, 0.5) is 5.69 Å². The van der Waals surface area contributed by atoms with Crippen LogP contribution in [-0.4, -0.2) is 15.5 Å². The molecule has 0 atom stereocenters. The summed E-state index contributed by atoms with van der Waals surface area (Å²) in [7, 11) is 0. The van der Waals surface area contributed by atoms with E-state index in [4.69, 9.17) is 4.98 Å². The number of amides is 1. The van der Waals surface area contributed by atoms with E-state index in [1.807, 2.05) is 66.7 Å². The lowest BCUT2D eigenvalue weighted by Crippen LogP contribution is -2.26. The second-order valence-corrected chi connectivity index (χ2v) is 9.70. The van der Waals surface area contributed by atoms with E-state index in [0.717, 1.165) is 22.3 Å². The van der Waals surface area contributed by atoms with Crippen molar-refractivity contribution in [3.05, 3.63) is 166 Å². The van der Waals surface area contributed by atoms with Crippen LogP contribution in [0.3, 0.4) is 0 Å². The van der Waals surface area contributed by atoms with Crippen LogP contribution >= 0.6 is 0 Å². The Labute approximate surface area is 232 Å². The van der Waals surface area contributed by atoms with Gasteiger partial charge in [-0.05, 0) is 52.6 Å². The zero-order chi connectivity index (χ0) is 27.3. The number of benzene rings is 5. The van der Waals surface area contributed by atoms with Gasteiger partial charge in [-0.15, -0.1) is 0 Å². The summed E-state index contributed by atoms with van der Waals surface area (Å²) in [5, 5.41) is 3.37. The summed E-state index contributed by atoms with van der Waals surface area (Å²) < 4.78 is 1.75. The zero-order valence-corrected chi connectivity index (χ0v) is 21.8. The van der Waals surface area contributed by atoms with Crippen LogP contribution in [0.2, 0.25) is 0 Å². The van der Waals surface area contributed by atoms with E-state index < -0.39 is 0 Å². The highest BCUT2D eigenvalue weighted by atomic mass is 16.1. The number of carbonyl (C=O) groups excluding carboxylic acids is 1.